The molecule has 0 aliphatic carbocycles. The van der Waals surface area contributed by atoms with E-state index in [1.165, 1.54) is 29.0 Å². The van der Waals surface area contributed by atoms with Gasteiger partial charge >= 0.3 is 5.97 Å². The first-order chi connectivity index (χ1) is 18.1. The molecule has 0 unspecified atom stereocenters. The highest BCUT2D eigenvalue weighted by Crippen LogP contribution is 2.37. The summed E-state index contributed by atoms with van der Waals surface area (Å²) in [5.41, 5.74) is 6.54. The lowest BCUT2D eigenvalue weighted by Gasteiger charge is -2.21. The lowest BCUT2D eigenvalue weighted by Crippen LogP contribution is -2.36. The number of hydrogen-bond acceptors (Lipinski definition) is 6. The molecule has 0 aliphatic heterocycles. The summed E-state index contributed by atoms with van der Waals surface area (Å²) in [6, 6.07) is 14.3. The molecule has 0 spiro atoms. The van der Waals surface area contributed by atoms with Crippen LogP contribution in [0.3, 0.4) is 0 Å². The van der Waals surface area contributed by atoms with Gasteiger partial charge in [0.05, 0.1) is 39.0 Å². The average molecular weight is 571 g/mol. The predicted molar refractivity (Wildman–Crippen MR) is 163 cm³/mol. The molecule has 3 rings (SSSR count). The third-order valence-electron chi connectivity index (χ3n) is 5.61. The lowest BCUT2D eigenvalue weighted by atomic mass is 9.86. The van der Waals surface area contributed by atoms with Crippen LogP contribution in [0.15, 0.2) is 59.0 Å². The number of aromatic carboxylic acids is 1. The molecular formula is C29H38N4O4S2. The molecule has 1 aromatic heterocycles. The topological polar surface area (TPSA) is 117 Å². The molecule has 0 atom stereocenters. The number of hydrogen-bond donors (Lipinski definition) is 4. The summed E-state index contributed by atoms with van der Waals surface area (Å²) in [7, 11) is 6.16. The number of carboxylic acid groups (broad SMARTS) is 1. The molecular weight excluding hydrogens is 532 g/mol. The van der Waals surface area contributed by atoms with Crippen molar-refractivity contribution in [3.05, 3.63) is 70.6 Å². The quantitative estimate of drug-likeness (QED) is 0.138. The van der Waals surface area contributed by atoms with E-state index in [0.717, 1.165) is 16.6 Å². The Balaban J connectivity index is 0.000000673. The lowest BCUT2D eigenvalue weighted by molar-refractivity contribution is -0.870. The number of likely N-dealkylation sites (N-methyl/N-ethyl adjacent to an activating group) is 1. The molecule has 0 saturated carbocycles. The molecule has 0 radical (unpaired) electrons. The number of carboxylic acids is 1. The highest BCUT2D eigenvalue weighted by Gasteiger charge is 2.14. The molecule has 4 N–H and O–H groups in total. The van der Waals surface area contributed by atoms with Crippen molar-refractivity contribution in [2.75, 3.05) is 39.6 Å². The van der Waals surface area contributed by atoms with E-state index in [1.807, 2.05) is 12.1 Å². The van der Waals surface area contributed by atoms with Crippen LogP contribution >= 0.6 is 23.6 Å². The maximum absolute atomic E-state index is 12.9. The van der Waals surface area contributed by atoms with E-state index in [9.17, 15) is 9.90 Å². The Labute approximate surface area is 240 Å². The van der Waals surface area contributed by atoms with Crippen LogP contribution in [0.25, 0.3) is 10.4 Å². The summed E-state index contributed by atoms with van der Waals surface area (Å²) < 4.78 is 0.844. The van der Waals surface area contributed by atoms with Gasteiger partial charge in [0.2, 0.25) is 0 Å². The second-order valence-electron chi connectivity index (χ2n) is 11.0. The number of hydrazone groups is 1. The normalized spacial score (nSPS) is 11.8. The van der Waals surface area contributed by atoms with Crippen LogP contribution in [0, 0.1) is 0 Å². The smallest absolute Gasteiger partial charge is 0.335 e. The van der Waals surface area contributed by atoms with Gasteiger partial charge in [-0.25, -0.2) is 4.79 Å². The van der Waals surface area contributed by atoms with Crippen molar-refractivity contribution in [2.24, 2.45) is 5.10 Å². The Kier molecular flexibility index (Phi) is 11.2. The molecule has 0 bridgehead atoms. The van der Waals surface area contributed by atoms with Gasteiger partial charge in [-0.3, -0.25) is 5.43 Å². The summed E-state index contributed by atoms with van der Waals surface area (Å²) >= 11 is 6.60. The first-order valence-corrected chi connectivity index (χ1v) is 13.7. The highest BCUT2D eigenvalue weighted by molar-refractivity contribution is 7.80. The molecule has 0 saturated heterocycles. The highest BCUT2D eigenvalue weighted by atomic mass is 32.1. The first kappa shape index (κ1) is 31.9. The van der Waals surface area contributed by atoms with E-state index in [1.54, 1.807) is 24.4 Å². The molecule has 0 amide bonds. The summed E-state index contributed by atoms with van der Waals surface area (Å²) in [6.07, 6.45) is 0. The fourth-order valence-corrected chi connectivity index (χ4v) is 4.47. The maximum Gasteiger partial charge on any atom is 0.335 e. The van der Waals surface area contributed by atoms with Crippen LogP contribution in [0.1, 0.15) is 49.2 Å². The van der Waals surface area contributed by atoms with Gasteiger partial charge in [-0.2, -0.15) is 5.10 Å². The minimum absolute atomic E-state index is 0.0513. The fourth-order valence-electron chi connectivity index (χ4n) is 3.30. The van der Waals surface area contributed by atoms with Crippen LogP contribution < -0.4 is 15.8 Å². The minimum Gasteiger partial charge on any atom is -0.871 e. The van der Waals surface area contributed by atoms with E-state index in [2.05, 4.69) is 69.9 Å². The van der Waals surface area contributed by atoms with Gasteiger partial charge in [-0.15, -0.1) is 11.3 Å². The van der Waals surface area contributed by atoms with Crippen molar-refractivity contribution in [2.45, 2.75) is 33.1 Å². The van der Waals surface area contributed by atoms with E-state index in [4.69, 9.17) is 22.4 Å². The molecule has 10 heteroatoms. The van der Waals surface area contributed by atoms with Gasteiger partial charge < -0.3 is 25.1 Å². The SMILES string of the molecule is C/C(=N\NC(=S)Nc1cccc(C(=O)O)c1)c1csc(-c2ccc(C(C)(C)C)cc2)c1[O-].C[N+](C)(C)CCO. The van der Waals surface area contributed by atoms with E-state index >= 15 is 0 Å². The number of aliphatic hydroxyl groups is 1. The number of aliphatic hydroxyl groups excluding tert-OH is 1. The van der Waals surface area contributed by atoms with Crippen LogP contribution in [-0.2, 0) is 5.41 Å². The number of rotatable bonds is 7. The molecule has 1 heterocycles. The van der Waals surface area contributed by atoms with Crippen molar-refractivity contribution in [3.8, 4) is 16.2 Å². The van der Waals surface area contributed by atoms with Crippen molar-refractivity contribution >= 4 is 46.0 Å². The molecule has 0 aliphatic rings. The van der Waals surface area contributed by atoms with Crippen molar-refractivity contribution in [1.82, 2.24) is 5.43 Å². The van der Waals surface area contributed by atoms with Gasteiger partial charge in [-0.1, -0.05) is 56.9 Å². The molecule has 2 aromatic carbocycles. The molecule has 8 nitrogen and oxygen atoms in total. The molecule has 210 valence electrons. The third-order valence-corrected chi connectivity index (χ3v) is 6.82. The van der Waals surface area contributed by atoms with E-state index in [0.29, 0.717) is 21.8 Å². The Morgan fingerprint density at radius 1 is 1.13 bits per heavy atom. The van der Waals surface area contributed by atoms with Crippen LogP contribution in [-0.4, -0.2) is 65.8 Å². The molecule has 3 aromatic rings. The summed E-state index contributed by atoms with van der Waals surface area (Å²) in [5, 5.41) is 39.5. The zero-order chi connectivity index (χ0) is 29.4. The van der Waals surface area contributed by atoms with Crippen molar-refractivity contribution in [3.63, 3.8) is 0 Å². The number of benzene rings is 2. The average Bonchev–Trinajstić information content (AvgIpc) is 3.23. The Hall–Kier alpha value is -3.31. The molecule has 0 fully saturated rings. The first-order valence-electron chi connectivity index (χ1n) is 12.4. The van der Waals surface area contributed by atoms with E-state index in [-0.39, 0.29) is 28.4 Å². The Morgan fingerprint density at radius 2 is 1.77 bits per heavy atom. The zero-order valence-corrected chi connectivity index (χ0v) is 25.2. The number of nitrogens with zero attached hydrogens (tertiary/aromatic N) is 2. The summed E-state index contributed by atoms with van der Waals surface area (Å²) in [4.78, 5) is 11.7. The number of quaternary nitrogens is 1. The number of carbonyl (C=O) groups is 1. The number of anilines is 1. The van der Waals surface area contributed by atoms with Crippen molar-refractivity contribution in [1.29, 1.82) is 0 Å². The second kappa shape index (κ2) is 13.7. The number of thiocarbonyl (C=S) groups is 1. The minimum atomic E-state index is -1.02. The van der Waals surface area contributed by atoms with Crippen LogP contribution in [0.4, 0.5) is 5.69 Å². The summed E-state index contributed by atoms with van der Waals surface area (Å²) in [6.45, 7) is 9.30. The van der Waals surface area contributed by atoms with Gasteiger partial charge in [0.15, 0.2) is 5.11 Å². The number of thiophene rings is 1. The molecule has 39 heavy (non-hydrogen) atoms. The van der Waals surface area contributed by atoms with Gasteiger partial charge in [0, 0.05) is 16.1 Å². The van der Waals surface area contributed by atoms with Crippen LogP contribution in [0.5, 0.6) is 5.75 Å². The Morgan fingerprint density at radius 3 is 2.28 bits per heavy atom. The van der Waals surface area contributed by atoms with E-state index < -0.39 is 5.97 Å². The predicted octanol–water partition coefficient (Wildman–Crippen LogP) is 4.88. The monoisotopic (exact) mass is 570 g/mol. The van der Waals surface area contributed by atoms with Crippen LogP contribution in [0.2, 0.25) is 0 Å². The van der Waals surface area contributed by atoms with Gasteiger partial charge in [0.25, 0.3) is 0 Å². The maximum atomic E-state index is 12.9. The zero-order valence-electron chi connectivity index (χ0n) is 23.5. The largest absolute Gasteiger partial charge is 0.871 e. The van der Waals surface area contributed by atoms with Gasteiger partial charge in [0.1, 0.15) is 6.54 Å². The standard InChI is InChI=1S/C24H25N3O3S2.C5H14NO/c1-14(26-27-23(31)25-18-7-5-6-16(12-18)22(29)30)19-13-32-21(20(19)28)15-8-10-17(11-9-15)24(2,3)4;1-6(2,3)4-5-7/h5-13,28H,1-4H3,(H,29,30)(H2,25,27,31);7H,4-5H2,1-3H3/q;+1/p-1/b26-14+;. The number of nitrogens with one attached hydrogen (secondary N) is 2. The summed E-state index contributed by atoms with van der Waals surface area (Å²) in [5.74, 6) is -1.10. The van der Waals surface area contributed by atoms with Gasteiger partial charge in [-0.05, 0) is 59.3 Å². The third kappa shape index (κ3) is 10.1. The second-order valence-corrected chi connectivity index (χ2v) is 12.3. The fraction of sp³-hybridized carbons (Fsp3) is 0.345. The van der Waals surface area contributed by atoms with Crippen molar-refractivity contribution < 1.29 is 24.6 Å². The Bertz CT molecular complexity index is 1300.